The van der Waals surface area contributed by atoms with E-state index in [2.05, 4.69) is 33.0 Å². The highest BCUT2D eigenvalue weighted by atomic mass is 79.9. The van der Waals surface area contributed by atoms with Crippen LogP contribution < -0.4 is 0 Å². The number of likely N-dealkylation sites (tertiary alicyclic amines) is 1. The Labute approximate surface area is 116 Å². The van der Waals surface area contributed by atoms with Crippen LogP contribution in [0.2, 0.25) is 0 Å². The quantitative estimate of drug-likeness (QED) is 0.804. The molecule has 1 heterocycles. The number of ether oxygens (including phenoxy) is 1. The van der Waals surface area contributed by atoms with Gasteiger partial charge < -0.3 is 4.74 Å². The minimum absolute atomic E-state index is 0.0379. The number of carbonyl (C=O) groups is 1. The number of benzene rings is 1. The molecule has 0 N–H and O–H groups in total. The summed E-state index contributed by atoms with van der Waals surface area (Å²) in [4.78, 5) is 13.9. The number of esters is 1. The van der Waals surface area contributed by atoms with Gasteiger partial charge in [-0.25, -0.2) is 0 Å². The van der Waals surface area contributed by atoms with Crippen molar-refractivity contribution < 1.29 is 9.53 Å². The van der Waals surface area contributed by atoms with Crippen LogP contribution in [0.5, 0.6) is 0 Å². The van der Waals surface area contributed by atoms with Crippen molar-refractivity contribution in [1.29, 1.82) is 0 Å². The smallest absolute Gasteiger partial charge is 0.309 e. The lowest BCUT2D eigenvalue weighted by molar-refractivity contribution is -0.147. The summed E-state index contributed by atoms with van der Waals surface area (Å²) in [7, 11) is 1.47. The molecule has 98 valence electrons. The number of methoxy groups -OCH3 is 1. The molecule has 2 rings (SSSR count). The highest BCUT2D eigenvalue weighted by molar-refractivity contribution is 9.10. The van der Waals surface area contributed by atoms with E-state index in [9.17, 15) is 4.79 Å². The SMILES string of the molecule is COC(=O)C1CCCN(Cc2cccc(Br)c2)C1. The average molecular weight is 312 g/mol. The van der Waals surface area contributed by atoms with Gasteiger partial charge in [-0.2, -0.15) is 0 Å². The molecule has 1 aliphatic rings. The Hall–Kier alpha value is -0.870. The normalized spacial score (nSPS) is 20.7. The first-order chi connectivity index (χ1) is 8.69. The molecule has 1 aromatic rings. The van der Waals surface area contributed by atoms with Crippen LogP contribution in [0, 0.1) is 5.92 Å². The van der Waals surface area contributed by atoms with E-state index < -0.39 is 0 Å². The van der Waals surface area contributed by atoms with E-state index >= 15 is 0 Å². The highest BCUT2D eigenvalue weighted by Gasteiger charge is 2.26. The molecular weight excluding hydrogens is 294 g/mol. The fraction of sp³-hybridized carbons (Fsp3) is 0.500. The van der Waals surface area contributed by atoms with Gasteiger partial charge >= 0.3 is 5.97 Å². The molecule has 0 spiro atoms. The second kappa shape index (κ2) is 6.34. The van der Waals surface area contributed by atoms with E-state index in [1.807, 2.05) is 12.1 Å². The number of piperidine rings is 1. The van der Waals surface area contributed by atoms with Gasteiger partial charge in [0.05, 0.1) is 13.0 Å². The van der Waals surface area contributed by atoms with Crippen LogP contribution in [0.3, 0.4) is 0 Å². The van der Waals surface area contributed by atoms with Gasteiger partial charge in [0.15, 0.2) is 0 Å². The number of nitrogens with zero attached hydrogens (tertiary/aromatic N) is 1. The highest BCUT2D eigenvalue weighted by Crippen LogP contribution is 2.20. The summed E-state index contributed by atoms with van der Waals surface area (Å²) >= 11 is 3.48. The van der Waals surface area contributed by atoms with Crippen LogP contribution in [0.25, 0.3) is 0 Å². The Balaban J connectivity index is 1.95. The lowest BCUT2D eigenvalue weighted by Crippen LogP contribution is -2.38. The molecule has 0 aromatic heterocycles. The molecule has 0 aliphatic carbocycles. The molecule has 18 heavy (non-hydrogen) atoms. The summed E-state index contributed by atoms with van der Waals surface area (Å²) in [5.74, 6) is -0.0372. The molecule has 0 amide bonds. The summed E-state index contributed by atoms with van der Waals surface area (Å²) in [6.07, 6.45) is 2.01. The van der Waals surface area contributed by atoms with Crippen molar-refractivity contribution in [2.75, 3.05) is 20.2 Å². The molecule has 4 heteroatoms. The first-order valence-corrected chi connectivity index (χ1v) is 7.03. The zero-order valence-corrected chi connectivity index (χ0v) is 12.1. The van der Waals surface area contributed by atoms with Crippen LogP contribution in [-0.4, -0.2) is 31.1 Å². The lowest BCUT2D eigenvalue weighted by atomic mass is 9.98. The lowest BCUT2D eigenvalue weighted by Gasteiger charge is -2.31. The Morgan fingerprint density at radius 1 is 1.56 bits per heavy atom. The van der Waals surface area contributed by atoms with Gasteiger partial charge in [0, 0.05) is 17.6 Å². The van der Waals surface area contributed by atoms with Crippen molar-refractivity contribution in [3.63, 3.8) is 0 Å². The maximum absolute atomic E-state index is 11.6. The Morgan fingerprint density at radius 2 is 2.39 bits per heavy atom. The second-order valence-corrected chi connectivity index (χ2v) is 5.64. The third kappa shape index (κ3) is 3.56. The minimum Gasteiger partial charge on any atom is -0.469 e. The first-order valence-electron chi connectivity index (χ1n) is 6.23. The van der Waals surface area contributed by atoms with Crippen LogP contribution >= 0.6 is 15.9 Å². The number of hydrogen-bond donors (Lipinski definition) is 0. The molecule has 1 unspecified atom stereocenters. The summed E-state index contributed by atoms with van der Waals surface area (Å²) in [6, 6.07) is 8.31. The van der Waals surface area contributed by atoms with Crippen LogP contribution in [-0.2, 0) is 16.1 Å². The average Bonchev–Trinajstić information content (AvgIpc) is 2.38. The summed E-state index contributed by atoms with van der Waals surface area (Å²) in [6.45, 7) is 2.76. The molecule has 0 saturated carbocycles. The van der Waals surface area contributed by atoms with E-state index in [1.165, 1.54) is 12.7 Å². The topological polar surface area (TPSA) is 29.5 Å². The number of hydrogen-bond acceptors (Lipinski definition) is 3. The Bertz CT molecular complexity index is 422. The van der Waals surface area contributed by atoms with Crippen LogP contribution in [0.1, 0.15) is 18.4 Å². The second-order valence-electron chi connectivity index (χ2n) is 4.73. The summed E-state index contributed by atoms with van der Waals surface area (Å²) < 4.78 is 5.93. The van der Waals surface area contributed by atoms with Crippen molar-refractivity contribution in [1.82, 2.24) is 4.90 Å². The zero-order chi connectivity index (χ0) is 13.0. The van der Waals surface area contributed by atoms with Crippen molar-refractivity contribution in [2.45, 2.75) is 19.4 Å². The monoisotopic (exact) mass is 311 g/mol. The third-order valence-electron chi connectivity index (χ3n) is 3.34. The van der Waals surface area contributed by atoms with Gasteiger partial charge in [0.25, 0.3) is 0 Å². The van der Waals surface area contributed by atoms with E-state index in [4.69, 9.17) is 4.74 Å². The number of halogens is 1. The van der Waals surface area contributed by atoms with Crippen LogP contribution in [0.4, 0.5) is 0 Å². The first kappa shape index (κ1) is 13.6. The minimum atomic E-state index is -0.0751. The largest absolute Gasteiger partial charge is 0.469 e. The maximum atomic E-state index is 11.6. The Morgan fingerprint density at radius 3 is 3.11 bits per heavy atom. The van der Waals surface area contributed by atoms with Gasteiger partial charge in [-0.05, 0) is 37.1 Å². The molecule has 1 aliphatic heterocycles. The molecule has 3 nitrogen and oxygen atoms in total. The molecular formula is C14H18BrNO2. The molecule has 1 saturated heterocycles. The van der Waals surface area contributed by atoms with Gasteiger partial charge in [-0.3, -0.25) is 9.69 Å². The predicted molar refractivity (Wildman–Crippen MR) is 74.2 cm³/mol. The zero-order valence-electron chi connectivity index (χ0n) is 10.6. The maximum Gasteiger partial charge on any atom is 0.309 e. The van der Waals surface area contributed by atoms with Crippen LogP contribution in [0.15, 0.2) is 28.7 Å². The van der Waals surface area contributed by atoms with E-state index in [0.717, 1.165) is 36.9 Å². The van der Waals surface area contributed by atoms with Gasteiger partial charge in [0.2, 0.25) is 0 Å². The third-order valence-corrected chi connectivity index (χ3v) is 3.83. The van der Waals surface area contributed by atoms with Crippen molar-refractivity contribution in [2.24, 2.45) is 5.92 Å². The van der Waals surface area contributed by atoms with Gasteiger partial charge in [0.1, 0.15) is 0 Å². The summed E-state index contributed by atoms with van der Waals surface area (Å²) in [5.41, 5.74) is 1.27. The molecule has 0 bridgehead atoms. The van der Waals surface area contributed by atoms with E-state index in [0.29, 0.717) is 0 Å². The molecule has 0 radical (unpaired) electrons. The standard InChI is InChI=1S/C14H18BrNO2/c1-18-14(17)12-5-3-7-16(10-12)9-11-4-2-6-13(15)8-11/h2,4,6,8,12H,3,5,7,9-10H2,1H3. The fourth-order valence-electron chi connectivity index (χ4n) is 2.45. The predicted octanol–water partition coefficient (Wildman–Crippen LogP) is 2.83. The Kier molecular flexibility index (Phi) is 4.78. The fourth-order valence-corrected chi connectivity index (χ4v) is 2.90. The molecule has 1 atom stereocenters. The number of rotatable bonds is 3. The van der Waals surface area contributed by atoms with Crippen molar-refractivity contribution in [3.05, 3.63) is 34.3 Å². The van der Waals surface area contributed by atoms with Gasteiger partial charge in [-0.1, -0.05) is 28.1 Å². The van der Waals surface area contributed by atoms with Crippen molar-refractivity contribution >= 4 is 21.9 Å². The number of carbonyl (C=O) groups excluding carboxylic acids is 1. The molecule has 1 fully saturated rings. The van der Waals surface area contributed by atoms with Gasteiger partial charge in [-0.15, -0.1) is 0 Å². The summed E-state index contributed by atoms with van der Waals surface area (Å²) in [5, 5.41) is 0. The van der Waals surface area contributed by atoms with Crippen molar-refractivity contribution in [3.8, 4) is 0 Å². The molecule has 1 aromatic carbocycles. The van der Waals surface area contributed by atoms with E-state index in [-0.39, 0.29) is 11.9 Å². The van der Waals surface area contributed by atoms with E-state index in [1.54, 1.807) is 0 Å².